The molecule has 0 spiro atoms. The topological polar surface area (TPSA) is 428 Å². The summed E-state index contributed by atoms with van der Waals surface area (Å²) in [5.74, 6) is 7.90. The van der Waals surface area contributed by atoms with Crippen LogP contribution in [0.1, 0.15) is 182 Å². The minimum Gasteiger partial charge on any atom is -0.396 e. The molecule has 34 heteroatoms. The van der Waals surface area contributed by atoms with Gasteiger partial charge in [0.05, 0.1) is 24.8 Å². The summed E-state index contributed by atoms with van der Waals surface area (Å²) in [6.07, 6.45) is 38.6. The van der Waals surface area contributed by atoms with E-state index in [0.29, 0.717) is 44.8 Å². The second-order valence-electron chi connectivity index (χ2n) is 31.2. The maximum atomic E-state index is 12.2. The van der Waals surface area contributed by atoms with E-state index < -0.39 is 0 Å². The fourth-order valence-electron chi connectivity index (χ4n) is 16.4. The lowest BCUT2D eigenvalue weighted by atomic mass is 9.85. The number of aromatic nitrogens is 18. The summed E-state index contributed by atoms with van der Waals surface area (Å²) >= 11 is 0. The summed E-state index contributed by atoms with van der Waals surface area (Å²) in [5.41, 5.74) is 22.7. The van der Waals surface area contributed by atoms with Crippen molar-refractivity contribution in [1.29, 1.82) is 0 Å². The molecule has 4 aliphatic rings. The maximum Gasteiger partial charge on any atom is 0.250 e. The molecule has 634 valence electrons. The standard InChI is InChI=1S/C23H32N6O2.C22H30N6O2.2C20H28N8O/c1-3-18-16-25-29-20(24-15-17-8-11-27(4-2)22(31)13-17)14-21(26-23(18)29)28-10-6-5-7-19(28)9-12-30;1-3-16-12-24-28-20(23-11-15-8-9-21(30)27(2)13-15)10-19(26-22(16)28)25-18-7-5-4-6-17(18)14-29;1-2-15-13-25-28-17(22-10-14-11-23-20(21)24-12-14)9-18(26-19(15)28)27-7-4-3-5-16(27)6-8-29;1-2-14-11-25-28-18(22-8-13-9-23-20(21)24-10-13)7-17(27-19(14)28)26-16-6-4-3-5-15(16)12-29/h8,11,13-14,16,19,24,30H,3-7,9-10,12,15H2,1-2H3;8-10,12-13,17-18,23,29H,3-7,11,14H2,1-2H3,(H,25,26);9,11-13,16,22,29H,2-8,10H2,1H3,(H2,21,23,24);7,9-11,15-16,22,29H,2-6,8,12H2,1H3,(H,26,27)(H2,21,23,24)/t19-;17-,18-;16-;15-,16-/m0000/s1. The van der Waals surface area contributed by atoms with Gasteiger partial charge in [-0.3, -0.25) is 9.59 Å². The summed E-state index contributed by atoms with van der Waals surface area (Å²) in [6, 6.07) is 16.2. The van der Waals surface area contributed by atoms with Crippen molar-refractivity contribution in [3.63, 3.8) is 0 Å². The number of nitrogens with zero attached hydrogens (tertiary/aromatic N) is 20. The first-order valence-corrected chi connectivity index (χ1v) is 42.5. The number of aliphatic hydroxyl groups is 4. The van der Waals surface area contributed by atoms with Crippen LogP contribution in [0.25, 0.3) is 22.6 Å². The van der Waals surface area contributed by atoms with Crippen molar-refractivity contribution in [3.05, 3.63) is 176 Å². The molecule has 0 unspecified atom stereocenters. The summed E-state index contributed by atoms with van der Waals surface area (Å²) in [7, 11) is 1.75. The summed E-state index contributed by atoms with van der Waals surface area (Å²) in [6.45, 7) is 15.9. The molecule has 2 saturated carbocycles. The van der Waals surface area contributed by atoms with Crippen LogP contribution in [0.3, 0.4) is 0 Å². The Morgan fingerprint density at radius 1 is 0.429 bits per heavy atom. The van der Waals surface area contributed by atoms with Crippen molar-refractivity contribution in [2.24, 2.45) is 18.9 Å². The van der Waals surface area contributed by atoms with Crippen molar-refractivity contribution < 1.29 is 20.4 Å². The Balaban J connectivity index is 0.000000137. The van der Waals surface area contributed by atoms with E-state index in [1.54, 1.807) is 53.1 Å². The molecule has 16 rings (SSSR count). The normalized spacial score (nSPS) is 18.1. The van der Waals surface area contributed by atoms with Crippen LogP contribution in [0.2, 0.25) is 0 Å². The van der Waals surface area contributed by atoms with E-state index in [0.717, 1.165) is 217 Å². The Labute approximate surface area is 692 Å². The smallest absolute Gasteiger partial charge is 0.250 e. The molecule has 2 saturated heterocycles. The number of hydrogen-bond acceptors (Lipinski definition) is 28. The number of rotatable bonds is 29. The third-order valence-corrected chi connectivity index (χ3v) is 23.3. The number of piperidine rings is 2. The highest BCUT2D eigenvalue weighted by atomic mass is 16.3. The summed E-state index contributed by atoms with van der Waals surface area (Å²) in [4.78, 5) is 64.2. The number of aliphatic hydroxyl groups excluding tert-OH is 4. The fraction of sp³-hybridized carbons (Fsp3) is 0.506. The second kappa shape index (κ2) is 41.2. The monoisotopic (exact) mass is 1630 g/mol. The number of hydrogen-bond donors (Lipinski definition) is 12. The Bertz CT molecular complexity index is 5390. The van der Waals surface area contributed by atoms with Gasteiger partial charge < -0.3 is 82.7 Å². The molecule has 0 aromatic carbocycles. The predicted molar refractivity (Wildman–Crippen MR) is 466 cm³/mol. The summed E-state index contributed by atoms with van der Waals surface area (Å²) in [5, 5.41) is 77.6. The molecule has 34 nitrogen and oxygen atoms in total. The van der Waals surface area contributed by atoms with E-state index in [9.17, 15) is 30.0 Å². The van der Waals surface area contributed by atoms with E-state index >= 15 is 0 Å². The Morgan fingerprint density at radius 2 is 0.815 bits per heavy atom. The Morgan fingerprint density at radius 3 is 1.20 bits per heavy atom. The van der Waals surface area contributed by atoms with Gasteiger partial charge in [0.1, 0.15) is 46.5 Å². The first-order chi connectivity index (χ1) is 58.1. The van der Waals surface area contributed by atoms with E-state index in [2.05, 4.69) is 110 Å². The number of fused-ring (bicyclic) bond motifs is 4. The number of nitrogens with two attached hydrogens (primary N) is 2. The van der Waals surface area contributed by atoms with Gasteiger partial charge in [-0.05, 0) is 127 Å². The molecule has 2 aliphatic carbocycles. The van der Waals surface area contributed by atoms with E-state index in [1.807, 2.05) is 98.6 Å². The number of pyridine rings is 2. The van der Waals surface area contributed by atoms with Gasteiger partial charge in [-0.15, -0.1) is 0 Å². The van der Waals surface area contributed by atoms with Gasteiger partial charge in [-0.25, -0.2) is 39.9 Å². The number of nitrogen functional groups attached to an aromatic ring is 2. The maximum absolute atomic E-state index is 12.2. The van der Waals surface area contributed by atoms with Crippen LogP contribution in [0, 0.1) is 11.8 Å². The molecule has 0 bridgehead atoms. The zero-order chi connectivity index (χ0) is 83.3. The lowest BCUT2D eigenvalue weighted by Crippen LogP contribution is -2.40. The fourth-order valence-corrected chi connectivity index (χ4v) is 16.4. The molecule has 119 heavy (non-hydrogen) atoms. The summed E-state index contributed by atoms with van der Waals surface area (Å²) < 4.78 is 10.6. The molecule has 0 radical (unpaired) electrons. The number of nitrogens with one attached hydrogen (secondary N) is 6. The van der Waals surface area contributed by atoms with Crippen molar-refractivity contribution in [1.82, 2.24) is 87.5 Å². The van der Waals surface area contributed by atoms with Crippen LogP contribution in [-0.4, -0.2) is 172 Å². The third-order valence-electron chi connectivity index (χ3n) is 23.3. The minimum absolute atomic E-state index is 0.00915. The van der Waals surface area contributed by atoms with Crippen LogP contribution in [0.4, 0.5) is 58.4 Å². The lowest BCUT2D eigenvalue weighted by molar-refractivity contribution is 0.178. The van der Waals surface area contributed by atoms with Gasteiger partial charge in [0.2, 0.25) is 17.5 Å². The zero-order valence-corrected chi connectivity index (χ0v) is 69.5. The number of aryl methyl sites for hydroxylation is 6. The molecule has 0 amide bonds. The van der Waals surface area contributed by atoms with Crippen LogP contribution in [0.15, 0.2) is 120 Å². The quantitative estimate of drug-likeness (QED) is 0.0207. The highest BCUT2D eigenvalue weighted by molar-refractivity contribution is 5.65. The average molecular weight is 1630 g/mol. The molecular weight excluding hydrogens is 1510 g/mol. The van der Waals surface area contributed by atoms with Gasteiger partial charge in [0, 0.05) is 222 Å². The van der Waals surface area contributed by atoms with Gasteiger partial charge in [-0.2, -0.15) is 38.5 Å². The molecule has 12 aromatic rings. The zero-order valence-electron chi connectivity index (χ0n) is 69.5. The second-order valence-corrected chi connectivity index (χ2v) is 31.2. The van der Waals surface area contributed by atoms with Crippen molar-refractivity contribution in [2.45, 2.75) is 220 Å². The molecular formula is C85H118N28O6. The largest absolute Gasteiger partial charge is 0.396 e. The van der Waals surface area contributed by atoms with Crippen molar-refractivity contribution in [2.75, 3.05) is 92.7 Å². The predicted octanol–water partition coefficient (Wildman–Crippen LogP) is 9.65. The Kier molecular flexibility index (Phi) is 29.5. The van der Waals surface area contributed by atoms with E-state index in [-0.39, 0.29) is 73.4 Å². The molecule has 14 N–H and O–H groups in total. The first-order valence-electron chi connectivity index (χ1n) is 42.5. The van der Waals surface area contributed by atoms with Gasteiger partial charge in [-0.1, -0.05) is 59.4 Å². The molecule has 12 aromatic heterocycles. The van der Waals surface area contributed by atoms with Crippen LogP contribution in [0.5, 0.6) is 0 Å². The third kappa shape index (κ3) is 21.1. The van der Waals surface area contributed by atoms with Gasteiger partial charge in [0.25, 0.3) is 5.56 Å². The highest BCUT2D eigenvalue weighted by Gasteiger charge is 2.30. The first kappa shape index (κ1) is 85.3. The highest BCUT2D eigenvalue weighted by Crippen LogP contribution is 2.34. The molecule has 4 fully saturated rings. The average Bonchev–Trinajstić information content (AvgIpc) is 1.70. The Hall–Kier alpha value is -11.6. The van der Waals surface area contributed by atoms with Crippen LogP contribution in [-0.2, 0) is 65.5 Å². The molecule has 6 atom stereocenters. The molecule has 2 aliphatic heterocycles. The van der Waals surface area contributed by atoms with E-state index in [4.69, 9.17) is 31.4 Å². The van der Waals surface area contributed by atoms with Crippen LogP contribution < -0.4 is 64.3 Å². The molecule has 14 heterocycles. The van der Waals surface area contributed by atoms with Crippen molar-refractivity contribution >= 4 is 81.0 Å². The van der Waals surface area contributed by atoms with Gasteiger partial charge in [0.15, 0.2) is 22.6 Å². The van der Waals surface area contributed by atoms with Crippen molar-refractivity contribution in [3.8, 4) is 0 Å². The minimum atomic E-state index is -0.0258. The number of anilines is 10. The SMILES string of the molecule is CCc1cnn2c(NCc3ccc(=O)n(C)c3)cc(N[C@H]3CCCC[C@H]3CO)nc12.CCc1cnn2c(NCc3ccn(CC)c(=O)c3)cc(N3CCCC[C@H]3CCO)nc12.CCc1cnn2c(NCc3cnc(N)nc3)cc(N3CCCC[C@H]3CCO)nc12.CCc1cnn2c(NCc3cnc(N)nc3)cc(N[C@H]3CCCC[C@H]3CO)nc12. The lowest BCUT2D eigenvalue weighted by Gasteiger charge is -2.36. The van der Waals surface area contributed by atoms with Crippen LogP contribution >= 0.6 is 0 Å². The van der Waals surface area contributed by atoms with E-state index in [1.165, 1.54) is 38.5 Å². The van der Waals surface area contributed by atoms with Gasteiger partial charge >= 0.3 is 0 Å².